The van der Waals surface area contributed by atoms with E-state index in [-0.39, 0.29) is 42.4 Å². The Morgan fingerprint density at radius 1 is 0.833 bits per heavy atom. The van der Waals surface area contributed by atoms with E-state index in [0.717, 1.165) is 55.1 Å². The van der Waals surface area contributed by atoms with Gasteiger partial charge in [-0.05, 0) is 47.4 Å². The Bertz CT molecular complexity index is 1500. The van der Waals surface area contributed by atoms with E-state index in [2.05, 4.69) is 20.9 Å². The van der Waals surface area contributed by atoms with Crippen molar-refractivity contribution in [3.05, 3.63) is 48.0 Å². The fourth-order valence-electron chi connectivity index (χ4n) is 8.10. The van der Waals surface area contributed by atoms with E-state index in [1.807, 2.05) is 56.3 Å². The van der Waals surface area contributed by atoms with Crippen molar-refractivity contribution in [1.82, 2.24) is 25.8 Å². The van der Waals surface area contributed by atoms with Crippen molar-refractivity contribution >= 4 is 34.4 Å². The van der Waals surface area contributed by atoms with Crippen LogP contribution in [0, 0.1) is 17.8 Å². The summed E-state index contributed by atoms with van der Waals surface area (Å²) in [6.07, 6.45) is 5.51. The molecule has 298 valence electrons. The highest BCUT2D eigenvalue weighted by Gasteiger charge is 2.33. The first-order valence-electron chi connectivity index (χ1n) is 20.3. The molecule has 54 heavy (non-hydrogen) atoms. The quantitative estimate of drug-likeness (QED) is 0.181. The minimum atomic E-state index is -1.08. The smallest absolute Gasteiger partial charge is 0.242 e. The molecule has 4 atom stereocenters. The van der Waals surface area contributed by atoms with Gasteiger partial charge in [-0.2, -0.15) is 0 Å². The summed E-state index contributed by atoms with van der Waals surface area (Å²) < 4.78 is 10.9. The maximum atomic E-state index is 14.3. The van der Waals surface area contributed by atoms with E-state index >= 15 is 0 Å². The number of benzene rings is 2. The molecular weight excluding hydrogens is 686 g/mol. The first-order valence-corrected chi connectivity index (χ1v) is 20.3. The molecule has 3 aliphatic rings. The number of fused-ring (bicyclic) bond motifs is 1. The summed E-state index contributed by atoms with van der Waals surface area (Å²) in [6, 6.07) is 12.5. The van der Waals surface area contributed by atoms with Gasteiger partial charge in [0, 0.05) is 45.7 Å². The van der Waals surface area contributed by atoms with Crippen LogP contribution in [0.15, 0.2) is 42.5 Å². The first-order chi connectivity index (χ1) is 26.2. The molecule has 12 heteroatoms. The molecule has 0 radical (unpaired) electrons. The normalized spacial score (nSPS) is 19.5. The average molecular weight is 750 g/mol. The van der Waals surface area contributed by atoms with Gasteiger partial charge in [0.25, 0.3) is 0 Å². The van der Waals surface area contributed by atoms with Crippen LogP contribution in [-0.4, -0.2) is 122 Å². The van der Waals surface area contributed by atoms with E-state index in [4.69, 9.17) is 9.47 Å². The maximum Gasteiger partial charge on any atom is 0.242 e. The lowest BCUT2D eigenvalue weighted by atomic mass is 9.83. The van der Waals surface area contributed by atoms with Crippen molar-refractivity contribution in [1.29, 1.82) is 0 Å². The minimum absolute atomic E-state index is 0.00867. The SMILES string of the molecule is CC(C)C[C@H](NC(=O)[C@@H](CC(=O)N1CCOCC1)Cc1cccc2ccccc12)C(=O)N[C@@H](CC1CCCCC1)[C@@H](O)CC(=O)NCCN1CCOCC1. The van der Waals surface area contributed by atoms with Crippen LogP contribution in [0.3, 0.4) is 0 Å². The van der Waals surface area contributed by atoms with Gasteiger partial charge in [0.1, 0.15) is 6.04 Å². The van der Waals surface area contributed by atoms with E-state index in [1.54, 1.807) is 4.90 Å². The van der Waals surface area contributed by atoms with Crippen LogP contribution >= 0.6 is 0 Å². The van der Waals surface area contributed by atoms with Gasteiger partial charge in [-0.3, -0.25) is 24.1 Å². The summed E-state index contributed by atoms with van der Waals surface area (Å²) in [5.74, 6) is -1.40. The topological polar surface area (TPSA) is 150 Å². The van der Waals surface area contributed by atoms with Crippen LogP contribution in [0.2, 0.25) is 0 Å². The summed E-state index contributed by atoms with van der Waals surface area (Å²) in [6.45, 7) is 10.1. The standard InChI is InChI=1S/C42H63N5O7/c1-30(2)25-37(42(52)44-36(26-31-9-4-3-5-10-31)38(48)29-39(49)43-15-16-46-17-21-53-22-18-46)45-41(51)34(28-40(50)47-19-23-54-24-20-47)27-33-13-8-12-32-11-6-7-14-35(32)33/h6-8,11-14,30-31,34,36-38,48H,3-5,9-10,15-29H2,1-2H3,(H,43,49)(H,44,52)(H,45,51)/t34-,36+,37+,38+/m1/s1. The minimum Gasteiger partial charge on any atom is -0.390 e. The molecule has 4 N–H and O–H groups in total. The van der Waals surface area contributed by atoms with Gasteiger partial charge in [-0.25, -0.2) is 0 Å². The predicted molar refractivity (Wildman–Crippen MR) is 209 cm³/mol. The number of ether oxygens (including phenoxy) is 2. The zero-order valence-electron chi connectivity index (χ0n) is 32.4. The van der Waals surface area contributed by atoms with Crippen molar-refractivity contribution in [3.63, 3.8) is 0 Å². The summed E-state index contributed by atoms with van der Waals surface area (Å²) in [4.78, 5) is 59.0. The van der Waals surface area contributed by atoms with Crippen LogP contribution in [0.25, 0.3) is 10.8 Å². The van der Waals surface area contributed by atoms with Gasteiger partial charge in [0.05, 0.1) is 50.9 Å². The van der Waals surface area contributed by atoms with Gasteiger partial charge in [-0.1, -0.05) is 88.4 Å². The van der Waals surface area contributed by atoms with Crippen LogP contribution in [0.1, 0.15) is 77.2 Å². The van der Waals surface area contributed by atoms with Crippen LogP contribution in [0.4, 0.5) is 0 Å². The number of carbonyl (C=O) groups excluding carboxylic acids is 4. The molecule has 2 aromatic carbocycles. The molecule has 0 bridgehead atoms. The molecule has 3 fully saturated rings. The Labute approximate surface area is 321 Å². The molecule has 5 rings (SSSR count). The van der Waals surface area contributed by atoms with E-state index < -0.39 is 24.1 Å². The zero-order chi connectivity index (χ0) is 38.3. The molecular formula is C42H63N5O7. The number of aliphatic hydroxyl groups excluding tert-OH is 1. The Morgan fingerprint density at radius 3 is 2.24 bits per heavy atom. The molecule has 4 amide bonds. The number of amides is 4. The lowest BCUT2D eigenvalue weighted by Crippen LogP contribution is -2.55. The molecule has 2 aliphatic heterocycles. The lowest BCUT2D eigenvalue weighted by molar-refractivity contribution is -0.140. The Balaban J connectivity index is 1.28. The molecule has 2 heterocycles. The molecule has 0 unspecified atom stereocenters. The summed E-state index contributed by atoms with van der Waals surface area (Å²) >= 11 is 0. The number of nitrogens with zero attached hydrogens (tertiary/aromatic N) is 2. The Kier molecular flexibility index (Phi) is 16.6. The molecule has 1 aliphatic carbocycles. The first kappa shape index (κ1) is 41.6. The molecule has 2 aromatic rings. The number of carbonyl (C=O) groups is 4. The largest absolute Gasteiger partial charge is 0.390 e. The average Bonchev–Trinajstić information content (AvgIpc) is 3.18. The van der Waals surface area contributed by atoms with Gasteiger partial charge in [0.15, 0.2) is 0 Å². The fraction of sp³-hybridized carbons (Fsp3) is 0.667. The monoisotopic (exact) mass is 749 g/mol. The Hall–Kier alpha value is -3.58. The second kappa shape index (κ2) is 21.5. The van der Waals surface area contributed by atoms with E-state index in [1.165, 1.54) is 6.42 Å². The maximum absolute atomic E-state index is 14.3. The van der Waals surface area contributed by atoms with Crippen molar-refractivity contribution in [3.8, 4) is 0 Å². The fourth-order valence-corrected chi connectivity index (χ4v) is 8.10. The van der Waals surface area contributed by atoms with Gasteiger partial charge >= 0.3 is 0 Å². The van der Waals surface area contributed by atoms with Crippen molar-refractivity contribution < 1.29 is 33.8 Å². The van der Waals surface area contributed by atoms with Gasteiger partial charge in [-0.15, -0.1) is 0 Å². The zero-order valence-corrected chi connectivity index (χ0v) is 32.4. The highest BCUT2D eigenvalue weighted by Crippen LogP contribution is 2.29. The highest BCUT2D eigenvalue weighted by molar-refractivity contribution is 5.92. The second-order valence-corrected chi connectivity index (χ2v) is 15.9. The molecule has 0 spiro atoms. The number of morpholine rings is 2. The highest BCUT2D eigenvalue weighted by atomic mass is 16.5. The number of rotatable bonds is 18. The van der Waals surface area contributed by atoms with Crippen molar-refractivity contribution in [2.75, 3.05) is 65.7 Å². The van der Waals surface area contributed by atoms with Gasteiger partial charge in [0.2, 0.25) is 23.6 Å². The summed E-state index contributed by atoms with van der Waals surface area (Å²) in [5, 5.41) is 22.6. The van der Waals surface area contributed by atoms with Gasteiger partial charge < -0.3 is 35.4 Å². The van der Waals surface area contributed by atoms with Crippen LogP contribution in [0.5, 0.6) is 0 Å². The third-order valence-corrected chi connectivity index (χ3v) is 11.2. The summed E-state index contributed by atoms with van der Waals surface area (Å²) in [5.41, 5.74) is 0.965. The molecule has 2 saturated heterocycles. The summed E-state index contributed by atoms with van der Waals surface area (Å²) in [7, 11) is 0. The number of nitrogens with one attached hydrogen (secondary N) is 3. The number of hydrogen-bond acceptors (Lipinski definition) is 8. The molecule has 0 aromatic heterocycles. The number of aliphatic hydroxyl groups is 1. The van der Waals surface area contributed by atoms with Crippen LogP contribution in [-0.2, 0) is 35.1 Å². The third kappa shape index (κ3) is 13.0. The second-order valence-electron chi connectivity index (χ2n) is 15.9. The van der Waals surface area contributed by atoms with Crippen molar-refractivity contribution in [2.45, 2.75) is 96.2 Å². The van der Waals surface area contributed by atoms with Crippen molar-refractivity contribution in [2.24, 2.45) is 17.8 Å². The van der Waals surface area contributed by atoms with Crippen LogP contribution < -0.4 is 16.0 Å². The third-order valence-electron chi connectivity index (χ3n) is 11.2. The van der Waals surface area contributed by atoms with E-state index in [9.17, 15) is 24.3 Å². The predicted octanol–water partition coefficient (Wildman–Crippen LogP) is 3.43. The van der Waals surface area contributed by atoms with E-state index in [0.29, 0.717) is 77.8 Å². The Morgan fingerprint density at radius 2 is 1.52 bits per heavy atom. The lowest BCUT2D eigenvalue weighted by Gasteiger charge is -2.32. The molecule has 12 nitrogen and oxygen atoms in total. The molecule has 1 saturated carbocycles. The number of hydrogen-bond donors (Lipinski definition) is 4.